The SMILES string of the molecule is Cc1c(Cl)cccc1NC(=O)c1ccno1. The van der Waals surface area contributed by atoms with Crippen molar-refractivity contribution in [3.63, 3.8) is 0 Å². The fourth-order valence-corrected chi connectivity index (χ4v) is 1.43. The summed E-state index contributed by atoms with van der Waals surface area (Å²) in [6, 6.07) is 6.80. The van der Waals surface area contributed by atoms with E-state index >= 15 is 0 Å². The van der Waals surface area contributed by atoms with Gasteiger partial charge in [0.05, 0.1) is 6.20 Å². The van der Waals surface area contributed by atoms with Crippen molar-refractivity contribution < 1.29 is 9.32 Å². The first kappa shape index (κ1) is 10.7. The van der Waals surface area contributed by atoms with Crippen LogP contribution in [0.2, 0.25) is 5.02 Å². The third-order valence-corrected chi connectivity index (χ3v) is 2.59. The fourth-order valence-electron chi connectivity index (χ4n) is 1.26. The van der Waals surface area contributed by atoms with Gasteiger partial charge in [0.15, 0.2) is 0 Å². The topological polar surface area (TPSA) is 55.1 Å². The molecule has 1 amide bonds. The van der Waals surface area contributed by atoms with Gasteiger partial charge in [-0.25, -0.2) is 0 Å². The second kappa shape index (κ2) is 4.37. The van der Waals surface area contributed by atoms with Crippen molar-refractivity contribution in [2.75, 3.05) is 5.32 Å². The number of hydrogen-bond donors (Lipinski definition) is 1. The number of rotatable bonds is 2. The Hall–Kier alpha value is -1.81. The molecule has 1 aromatic heterocycles. The lowest BCUT2D eigenvalue weighted by Gasteiger charge is -2.07. The lowest BCUT2D eigenvalue weighted by molar-refractivity contribution is 0.0988. The Bertz CT molecular complexity index is 509. The van der Waals surface area contributed by atoms with Crippen LogP contribution in [0.4, 0.5) is 5.69 Å². The molecule has 0 bridgehead atoms. The first-order valence-electron chi connectivity index (χ1n) is 4.65. The Morgan fingerprint density at radius 2 is 2.25 bits per heavy atom. The summed E-state index contributed by atoms with van der Waals surface area (Å²) in [5, 5.41) is 6.77. The molecule has 0 unspecified atom stereocenters. The quantitative estimate of drug-likeness (QED) is 0.872. The van der Waals surface area contributed by atoms with E-state index in [-0.39, 0.29) is 11.7 Å². The van der Waals surface area contributed by atoms with Crippen molar-refractivity contribution in [3.8, 4) is 0 Å². The monoisotopic (exact) mass is 236 g/mol. The lowest BCUT2D eigenvalue weighted by Crippen LogP contribution is -2.11. The number of anilines is 1. The Labute approximate surface area is 97.2 Å². The Morgan fingerprint density at radius 1 is 1.44 bits per heavy atom. The molecule has 1 aromatic carbocycles. The zero-order valence-electron chi connectivity index (χ0n) is 8.53. The number of carbonyl (C=O) groups is 1. The van der Waals surface area contributed by atoms with E-state index in [2.05, 4.69) is 10.5 Å². The zero-order chi connectivity index (χ0) is 11.5. The van der Waals surface area contributed by atoms with Gasteiger partial charge in [0.25, 0.3) is 5.91 Å². The van der Waals surface area contributed by atoms with E-state index in [1.807, 2.05) is 6.92 Å². The van der Waals surface area contributed by atoms with Crippen molar-refractivity contribution in [1.29, 1.82) is 0 Å². The van der Waals surface area contributed by atoms with Gasteiger partial charge in [-0.15, -0.1) is 0 Å². The van der Waals surface area contributed by atoms with E-state index in [0.717, 1.165) is 5.56 Å². The molecule has 2 rings (SSSR count). The number of benzene rings is 1. The van der Waals surface area contributed by atoms with E-state index in [0.29, 0.717) is 10.7 Å². The predicted octanol–water partition coefficient (Wildman–Crippen LogP) is 2.89. The number of amides is 1. The minimum atomic E-state index is -0.345. The summed E-state index contributed by atoms with van der Waals surface area (Å²) in [5.74, 6) is -0.178. The molecule has 0 spiro atoms. The van der Waals surface area contributed by atoms with Gasteiger partial charge in [-0.3, -0.25) is 4.79 Å². The second-order valence-corrected chi connectivity index (χ2v) is 3.65. The summed E-state index contributed by atoms with van der Waals surface area (Å²) in [4.78, 5) is 11.7. The maximum atomic E-state index is 11.7. The molecule has 5 heteroatoms. The van der Waals surface area contributed by atoms with Crippen LogP contribution in [0.5, 0.6) is 0 Å². The highest BCUT2D eigenvalue weighted by Crippen LogP contribution is 2.23. The smallest absolute Gasteiger partial charge is 0.294 e. The van der Waals surface area contributed by atoms with E-state index in [1.54, 1.807) is 18.2 Å². The van der Waals surface area contributed by atoms with Gasteiger partial charge < -0.3 is 9.84 Å². The maximum Gasteiger partial charge on any atom is 0.294 e. The maximum absolute atomic E-state index is 11.7. The van der Waals surface area contributed by atoms with Crippen LogP contribution in [0, 0.1) is 6.92 Å². The molecule has 2 aromatic rings. The fraction of sp³-hybridized carbons (Fsp3) is 0.0909. The Morgan fingerprint density at radius 3 is 2.94 bits per heavy atom. The minimum absolute atomic E-state index is 0.166. The summed E-state index contributed by atoms with van der Waals surface area (Å²) in [5.41, 5.74) is 1.48. The minimum Gasteiger partial charge on any atom is -0.351 e. The Kier molecular flexibility index (Phi) is 2.92. The highest BCUT2D eigenvalue weighted by atomic mass is 35.5. The second-order valence-electron chi connectivity index (χ2n) is 3.24. The van der Waals surface area contributed by atoms with Gasteiger partial charge in [0, 0.05) is 16.8 Å². The summed E-state index contributed by atoms with van der Waals surface area (Å²) in [6.07, 6.45) is 1.42. The third-order valence-electron chi connectivity index (χ3n) is 2.18. The van der Waals surface area contributed by atoms with Crippen molar-refractivity contribution in [3.05, 3.63) is 46.8 Å². The molecular weight excluding hydrogens is 228 g/mol. The third kappa shape index (κ3) is 2.06. The first-order chi connectivity index (χ1) is 7.68. The molecule has 0 aliphatic heterocycles. The molecule has 1 N–H and O–H groups in total. The highest BCUT2D eigenvalue weighted by molar-refractivity contribution is 6.31. The summed E-state index contributed by atoms with van der Waals surface area (Å²) >= 11 is 5.94. The van der Waals surface area contributed by atoms with Crippen molar-refractivity contribution in [2.45, 2.75) is 6.92 Å². The van der Waals surface area contributed by atoms with Crippen LogP contribution in [0.15, 0.2) is 35.0 Å². The zero-order valence-corrected chi connectivity index (χ0v) is 9.28. The van der Waals surface area contributed by atoms with Crippen LogP contribution in [-0.4, -0.2) is 11.1 Å². The molecule has 4 nitrogen and oxygen atoms in total. The van der Waals surface area contributed by atoms with Gasteiger partial charge in [-0.05, 0) is 24.6 Å². The average Bonchev–Trinajstić information content (AvgIpc) is 2.78. The average molecular weight is 237 g/mol. The normalized spacial score (nSPS) is 10.1. The van der Waals surface area contributed by atoms with Crippen molar-refractivity contribution in [1.82, 2.24) is 5.16 Å². The van der Waals surface area contributed by atoms with Gasteiger partial charge in [0.2, 0.25) is 5.76 Å². The molecule has 0 saturated carbocycles. The van der Waals surface area contributed by atoms with E-state index in [9.17, 15) is 4.79 Å². The van der Waals surface area contributed by atoms with E-state index in [4.69, 9.17) is 16.1 Å². The van der Waals surface area contributed by atoms with Crippen LogP contribution < -0.4 is 5.32 Å². The van der Waals surface area contributed by atoms with Gasteiger partial charge in [-0.2, -0.15) is 0 Å². The van der Waals surface area contributed by atoms with Gasteiger partial charge >= 0.3 is 0 Å². The molecule has 0 fully saturated rings. The number of aromatic nitrogens is 1. The molecule has 16 heavy (non-hydrogen) atoms. The Balaban J connectivity index is 2.22. The number of nitrogens with zero attached hydrogens (tertiary/aromatic N) is 1. The number of carbonyl (C=O) groups excluding carboxylic acids is 1. The first-order valence-corrected chi connectivity index (χ1v) is 5.03. The standard InChI is InChI=1S/C11H9ClN2O2/c1-7-8(12)3-2-4-9(7)14-11(15)10-5-6-13-16-10/h2-6H,1H3,(H,14,15). The predicted molar refractivity (Wildman–Crippen MR) is 60.6 cm³/mol. The van der Waals surface area contributed by atoms with E-state index in [1.165, 1.54) is 12.3 Å². The van der Waals surface area contributed by atoms with Gasteiger partial charge in [-0.1, -0.05) is 22.8 Å². The molecule has 0 saturated heterocycles. The summed E-state index contributed by atoms with van der Waals surface area (Å²) in [7, 11) is 0. The van der Waals surface area contributed by atoms with Crippen LogP contribution >= 0.6 is 11.6 Å². The van der Waals surface area contributed by atoms with Gasteiger partial charge in [0.1, 0.15) is 0 Å². The van der Waals surface area contributed by atoms with Crippen molar-refractivity contribution >= 4 is 23.2 Å². The number of hydrogen-bond acceptors (Lipinski definition) is 3. The molecule has 1 heterocycles. The summed E-state index contributed by atoms with van der Waals surface area (Å²) in [6.45, 7) is 1.83. The number of nitrogens with one attached hydrogen (secondary N) is 1. The molecule has 0 aliphatic rings. The molecule has 0 aliphatic carbocycles. The largest absolute Gasteiger partial charge is 0.351 e. The van der Waals surface area contributed by atoms with E-state index < -0.39 is 0 Å². The molecular formula is C11H9ClN2O2. The van der Waals surface area contributed by atoms with Crippen LogP contribution in [-0.2, 0) is 0 Å². The lowest BCUT2D eigenvalue weighted by atomic mass is 10.2. The highest BCUT2D eigenvalue weighted by Gasteiger charge is 2.11. The molecule has 0 radical (unpaired) electrons. The van der Waals surface area contributed by atoms with Crippen LogP contribution in [0.1, 0.15) is 16.1 Å². The summed E-state index contributed by atoms with van der Waals surface area (Å²) < 4.78 is 4.74. The van der Waals surface area contributed by atoms with Crippen LogP contribution in [0.3, 0.4) is 0 Å². The van der Waals surface area contributed by atoms with Crippen LogP contribution in [0.25, 0.3) is 0 Å². The molecule has 82 valence electrons. The molecule has 0 atom stereocenters. The van der Waals surface area contributed by atoms with Crippen molar-refractivity contribution in [2.24, 2.45) is 0 Å². The number of halogens is 1.